The van der Waals surface area contributed by atoms with Crippen LogP contribution in [0.2, 0.25) is 0 Å². The van der Waals surface area contributed by atoms with Crippen molar-refractivity contribution in [2.75, 3.05) is 0 Å². The van der Waals surface area contributed by atoms with Crippen molar-refractivity contribution in [3.8, 4) is 0 Å². The standard InChI is InChI=1S/C12H18N2O3/c1-3-5-8-9(15)13-11(17)14(10(8)16)12(2)6-4-7-12/h8H,3-7H2,1-2H3,(H,13,15,17). The maximum Gasteiger partial charge on any atom is 0.331 e. The second-order valence-corrected chi connectivity index (χ2v) is 5.16. The quantitative estimate of drug-likeness (QED) is 0.756. The van der Waals surface area contributed by atoms with Crippen molar-refractivity contribution in [3.63, 3.8) is 0 Å². The first-order valence-electron chi connectivity index (χ1n) is 6.18. The topological polar surface area (TPSA) is 66.5 Å². The molecular formula is C12H18N2O3. The number of barbiturate groups is 1. The molecule has 2 aliphatic rings. The summed E-state index contributed by atoms with van der Waals surface area (Å²) in [6.07, 6.45) is 3.95. The molecule has 5 heteroatoms. The van der Waals surface area contributed by atoms with Gasteiger partial charge in [-0.3, -0.25) is 19.8 Å². The van der Waals surface area contributed by atoms with Crippen LogP contribution in [0.15, 0.2) is 0 Å². The summed E-state index contributed by atoms with van der Waals surface area (Å²) in [4.78, 5) is 36.9. The Bertz CT molecular complexity index is 374. The van der Waals surface area contributed by atoms with Crippen LogP contribution in [0.1, 0.15) is 46.0 Å². The molecule has 2 fully saturated rings. The minimum atomic E-state index is -0.685. The van der Waals surface area contributed by atoms with Crippen LogP contribution in [0.4, 0.5) is 4.79 Å². The van der Waals surface area contributed by atoms with Crippen molar-refractivity contribution in [2.24, 2.45) is 5.92 Å². The van der Waals surface area contributed by atoms with E-state index in [0.29, 0.717) is 6.42 Å². The van der Waals surface area contributed by atoms with E-state index in [0.717, 1.165) is 25.7 Å². The van der Waals surface area contributed by atoms with Gasteiger partial charge in [0.05, 0.1) is 0 Å². The van der Waals surface area contributed by atoms with Crippen LogP contribution >= 0.6 is 0 Å². The lowest BCUT2D eigenvalue weighted by Crippen LogP contribution is -2.66. The van der Waals surface area contributed by atoms with E-state index in [1.54, 1.807) is 0 Å². The Labute approximate surface area is 101 Å². The minimum absolute atomic E-state index is 0.317. The lowest BCUT2D eigenvalue weighted by molar-refractivity contribution is -0.148. The van der Waals surface area contributed by atoms with Crippen LogP contribution in [-0.2, 0) is 9.59 Å². The summed E-state index contributed by atoms with van der Waals surface area (Å²) in [5.74, 6) is -1.45. The Morgan fingerprint density at radius 2 is 2.00 bits per heavy atom. The predicted molar refractivity (Wildman–Crippen MR) is 61.0 cm³/mol. The lowest BCUT2D eigenvalue weighted by Gasteiger charge is -2.48. The van der Waals surface area contributed by atoms with Crippen LogP contribution in [-0.4, -0.2) is 28.3 Å². The highest BCUT2D eigenvalue weighted by molar-refractivity contribution is 6.16. The second-order valence-electron chi connectivity index (χ2n) is 5.16. The Kier molecular flexibility index (Phi) is 2.93. The molecule has 1 saturated heterocycles. The van der Waals surface area contributed by atoms with E-state index < -0.39 is 17.9 Å². The third-order valence-electron chi connectivity index (χ3n) is 3.82. The highest BCUT2D eigenvalue weighted by Gasteiger charge is 2.50. The van der Waals surface area contributed by atoms with Crippen molar-refractivity contribution in [1.82, 2.24) is 10.2 Å². The normalized spacial score (nSPS) is 27.8. The summed E-state index contributed by atoms with van der Waals surface area (Å²) < 4.78 is 0. The van der Waals surface area contributed by atoms with Gasteiger partial charge >= 0.3 is 6.03 Å². The third kappa shape index (κ3) is 1.83. The molecule has 0 spiro atoms. The molecule has 0 aromatic heterocycles. The summed E-state index contributed by atoms with van der Waals surface area (Å²) in [5.41, 5.74) is -0.381. The number of carbonyl (C=O) groups excluding carboxylic acids is 3. The second kappa shape index (κ2) is 4.13. The summed E-state index contributed by atoms with van der Waals surface area (Å²) in [7, 11) is 0. The molecule has 0 bridgehead atoms. The number of hydrogen-bond acceptors (Lipinski definition) is 3. The zero-order chi connectivity index (χ0) is 12.6. The van der Waals surface area contributed by atoms with Crippen molar-refractivity contribution in [1.29, 1.82) is 0 Å². The first kappa shape index (κ1) is 12.1. The molecule has 1 heterocycles. The average molecular weight is 238 g/mol. The largest absolute Gasteiger partial charge is 0.331 e. The van der Waals surface area contributed by atoms with Crippen LogP contribution in [0.3, 0.4) is 0 Å². The molecule has 1 unspecified atom stereocenters. The van der Waals surface area contributed by atoms with Gasteiger partial charge in [-0.2, -0.15) is 0 Å². The van der Waals surface area contributed by atoms with Crippen molar-refractivity contribution in [2.45, 2.75) is 51.5 Å². The molecule has 1 atom stereocenters. The van der Waals surface area contributed by atoms with E-state index in [9.17, 15) is 14.4 Å². The smallest absolute Gasteiger partial charge is 0.277 e. The summed E-state index contributed by atoms with van der Waals surface area (Å²) >= 11 is 0. The molecule has 1 aliphatic carbocycles. The number of rotatable bonds is 3. The van der Waals surface area contributed by atoms with E-state index in [4.69, 9.17) is 0 Å². The van der Waals surface area contributed by atoms with Crippen LogP contribution in [0, 0.1) is 5.92 Å². The van der Waals surface area contributed by atoms with Gasteiger partial charge in [0.15, 0.2) is 0 Å². The first-order chi connectivity index (χ1) is 7.99. The number of nitrogens with one attached hydrogen (secondary N) is 1. The van der Waals surface area contributed by atoms with Crippen LogP contribution in [0.25, 0.3) is 0 Å². The monoisotopic (exact) mass is 238 g/mol. The molecule has 2 rings (SSSR count). The Hall–Kier alpha value is -1.39. The molecule has 1 N–H and O–H groups in total. The molecule has 4 amide bonds. The average Bonchev–Trinajstić information content (AvgIpc) is 2.21. The van der Waals surface area contributed by atoms with Gasteiger partial charge in [0.25, 0.3) is 0 Å². The predicted octanol–water partition coefficient (Wildman–Crippen LogP) is 1.42. The number of nitrogens with zero attached hydrogens (tertiary/aromatic N) is 1. The fourth-order valence-corrected chi connectivity index (χ4v) is 2.58. The van der Waals surface area contributed by atoms with Gasteiger partial charge < -0.3 is 0 Å². The molecule has 17 heavy (non-hydrogen) atoms. The summed E-state index contributed by atoms with van der Waals surface area (Å²) in [6.45, 7) is 3.83. The minimum Gasteiger partial charge on any atom is -0.277 e. The lowest BCUT2D eigenvalue weighted by atomic mass is 9.76. The van der Waals surface area contributed by atoms with Gasteiger partial charge in [-0.25, -0.2) is 4.79 Å². The van der Waals surface area contributed by atoms with Gasteiger partial charge in [-0.05, 0) is 32.6 Å². The zero-order valence-electron chi connectivity index (χ0n) is 10.3. The van der Waals surface area contributed by atoms with Crippen LogP contribution in [0.5, 0.6) is 0 Å². The van der Waals surface area contributed by atoms with E-state index >= 15 is 0 Å². The Morgan fingerprint density at radius 3 is 2.47 bits per heavy atom. The highest BCUT2D eigenvalue weighted by atomic mass is 16.2. The fourth-order valence-electron chi connectivity index (χ4n) is 2.58. The zero-order valence-corrected chi connectivity index (χ0v) is 10.3. The number of urea groups is 1. The maximum absolute atomic E-state index is 12.2. The van der Waals surface area contributed by atoms with Gasteiger partial charge in [0.2, 0.25) is 11.8 Å². The van der Waals surface area contributed by atoms with Gasteiger partial charge in [0, 0.05) is 5.54 Å². The van der Waals surface area contributed by atoms with E-state index in [1.165, 1.54) is 4.90 Å². The SMILES string of the molecule is CCCC1C(=O)NC(=O)N(C2(C)CCC2)C1=O. The Balaban J connectivity index is 2.23. The van der Waals surface area contributed by atoms with Gasteiger partial charge in [-0.1, -0.05) is 13.3 Å². The van der Waals surface area contributed by atoms with E-state index in [-0.39, 0.29) is 11.4 Å². The molecule has 0 radical (unpaired) electrons. The first-order valence-corrected chi connectivity index (χ1v) is 6.18. The van der Waals surface area contributed by atoms with Crippen molar-refractivity contribution in [3.05, 3.63) is 0 Å². The molecule has 1 saturated carbocycles. The summed E-state index contributed by atoms with van der Waals surface area (Å²) in [5, 5.41) is 2.30. The molecule has 1 aliphatic heterocycles. The Morgan fingerprint density at radius 1 is 1.35 bits per heavy atom. The number of amides is 4. The van der Waals surface area contributed by atoms with Gasteiger partial charge in [0.1, 0.15) is 5.92 Å². The maximum atomic E-state index is 12.2. The number of carbonyl (C=O) groups is 3. The molecule has 94 valence electrons. The molecular weight excluding hydrogens is 220 g/mol. The summed E-state index contributed by atoms with van der Waals surface area (Å²) in [6, 6.07) is -0.547. The van der Waals surface area contributed by atoms with Crippen LogP contribution < -0.4 is 5.32 Å². The van der Waals surface area contributed by atoms with E-state index in [2.05, 4.69) is 5.32 Å². The number of imide groups is 2. The van der Waals surface area contributed by atoms with Crippen molar-refractivity contribution >= 4 is 17.8 Å². The number of hydrogen-bond donors (Lipinski definition) is 1. The molecule has 0 aromatic carbocycles. The third-order valence-corrected chi connectivity index (χ3v) is 3.82. The van der Waals surface area contributed by atoms with Crippen molar-refractivity contribution < 1.29 is 14.4 Å². The molecule has 5 nitrogen and oxygen atoms in total. The highest BCUT2D eigenvalue weighted by Crippen LogP contribution is 2.39. The fraction of sp³-hybridized carbons (Fsp3) is 0.750. The van der Waals surface area contributed by atoms with Gasteiger partial charge in [-0.15, -0.1) is 0 Å². The van der Waals surface area contributed by atoms with E-state index in [1.807, 2.05) is 13.8 Å². The molecule has 0 aromatic rings.